The van der Waals surface area contributed by atoms with Gasteiger partial charge in [0.25, 0.3) is 0 Å². The van der Waals surface area contributed by atoms with Gasteiger partial charge in [0.15, 0.2) is 0 Å². The highest BCUT2D eigenvalue weighted by molar-refractivity contribution is 5.57. The first-order chi connectivity index (χ1) is 6.57. The molecular weight excluding hydrogens is 191 g/mol. The third-order valence-electron chi connectivity index (χ3n) is 1.70. The van der Waals surface area contributed by atoms with Gasteiger partial charge in [0, 0.05) is 11.6 Å². The zero-order chi connectivity index (χ0) is 10.7. The molecule has 0 aromatic heterocycles. The van der Waals surface area contributed by atoms with Gasteiger partial charge in [-0.1, -0.05) is 0 Å². The summed E-state index contributed by atoms with van der Waals surface area (Å²) in [6.45, 7) is 1.30. The zero-order valence-electron chi connectivity index (χ0n) is 7.15. The van der Waals surface area contributed by atoms with Gasteiger partial charge in [-0.15, -0.1) is 0 Å². The minimum atomic E-state index is -0.980. The summed E-state index contributed by atoms with van der Waals surface area (Å²) >= 11 is 0. The number of halogens is 1. The lowest BCUT2D eigenvalue weighted by Gasteiger charge is -1.99. The molecule has 0 heterocycles. The summed E-state index contributed by atoms with van der Waals surface area (Å²) < 4.78 is 13.2. The molecule has 0 amide bonds. The maximum atomic E-state index is 13.2. The van der Waals surface area contributed by atoms with Gasteiger partial charge in [-0.05, 0) is 13.0 Å². The van der Waals surface area contributed by atoms with Crippen molar-refractivity contribution < 1.29 is 14.1 Å². The van der Waals surface area contributed by atoms with Crippen molar-refractivity contribution in [2.45, 2.75) is 6.92 Å². The zero-order valence-corrected chi connectivity index (χ0v) is 7.15. The maximum Gasteiger partial charge on any atom is 0.305 e. The first kappa shape index (κ1) is 10.0. The molecule has 72 valence electrons. The largest absolute Gasteiger partial charge is 0.305 e. The summed E-state index contributed by atoms with van der Waals surface area (Å²) in [5.41, 5.74) is -0.627. The molecule has 14 heavy (non-hydrogen) atoms. The third kappa shape index (κ3) is 1.65. The Kier molecular flexibility index (Phi) is 2.69. The smallest absolute Gasteiger partial charge is 0.258 e. The van der Waals surface area contributed by atoms with Gasteiger partial charge in [0.05, 0.1) is 10.6 Å². The van der Waals surface area contributed by atoms with Crippen LogP contribution in [0.15, 0.2) is 17.1 Å². The lowest BCUT2D eigenvalue weighted by molar-refractivity contribution is -0.387. The van der Waals surface area contributed by atoms with Gasteiger partial charge < -0.3 is 0 Å². The van der Waals surface area contributed by atoms with Gasteiger partial charge in [0.1, 0.15) is 0 Å². The number of nitrogens with zero attached hydrogens (tertiary/aromatic N) is 2. The highest BCUT2D eigenvalue weighted by Gasteiger charge is 2.17. The first-order valence-electron chi connectivity index (χ1n) is 3.59. The molecule has 5 nitrogen and oxygen atoms in total. The Morgan fingerprint density at radius 3 is 2.71 bits per heavy atom. The van der Waals surface area contributed by atoms with E-state index in [1.54, 1.807) is 0 Å². The van der Waals surface area contributed by atoms with Crippen molar-refractivity contribution in [3.8, 4) is 0 Å². The molecule has 0 unspecified atom stereocenters. The van der Waals surface area contributed by atoms with Crippen LogP contribution in [0, 0.1) is 22.9 Å². The summed E-state index contributed by atoms with van der Waals surface area (Å²) in [6.07, 6.45) is 1.24. The average molecular weight is 196 g/mol. The van der Waals surface area contributed by atoms with E-state index in [4.69, 9.17) is 0 Å². The Morgan fingerprint density at radius 1 is 1.57 bits per heavy atom. The van der Waals surface area contributed by atoms with E-state index in [1.807, 2.05) is 0 Å². The number of nitro groups is 1. The fraction of sp³-hybridized carbons (Fsp3) is 0.125. The van der Waals surface area contributed by atoms with E-state index in [1.165, 1.54) is 19.1 Å². The topological polar surface area (TPSA) is 72.6 Å². The fourth-order valence-corrected chi connectivity index (χ4v) is 0.972. The molecule has 0 spiro atoms. The molecule has 1 rings (SSSR count). The Hall–Kier alpha value is -2.07. The molecule has 0 fully saturated rings. The molecule has 1 aromatic rings. The van der Waals surface area contributed by atoms with Crippen LogP contribution in [-0.4, -0.2) is 11.0 Å². The molecule has 0 bridgehead atoms. The van der Waals surface area contributed by atoms with Crippen molar-refractivity contribution in [2.75, 3.05) is 0 Å². The normalized spacial score (nSPS) is 9.29. The van der Waals surface area contributed by atoms with Crippen LogP contribution in [0.2, 0.25) is 0 Å². The van der Waals surface area contributed by atoms with Crippen LogP contribution in [0.1, 0.15) is 5.56 Å². The summed E-state index contributed by atoms with van der Waals surface area (Å²) in [5, 5.41) is 10.3. The number of isocyanates is 1. The summed E-state index contributed by atoms with van der Waals surface area (Å²) in [5.74, 6) is -0.980. The highest BCUT2D eigenvalue weighted by atomic mass is 19.1. The molecule has 0 N–H and O–H groups in total. The van der Waals surface area contributed by atoms with Crippen molar-refractivity contribution in [3.05, 3.63) is 33.6 Å². The van der Waals surface area contributed by atoms with Crippen molar-refractivity contribution in [1.29, 1.82) is 0 Å². The molecule has 0 aliphatic carbocycles. The van der Waals surface area contributed by atoms with E-state index >= 15 is 0 Å². The number of carbonyl (C=O) groups excluding carboxylic acids is 1. The van der Waals surface area contributed by atoms with Gasteiger partial charge in [-0.3, -0.25) is 10.1 Å². The molecule has 1 aromatic carbocycles. The second kappa shape index (κ2) is 3.76. The monoisotopic (exact) mass is 196 g/mol. The summed E-state index contributed by atoms with van der Waals surface area (Å²) in [6, 6.07) is 2.15. The summed E-state index contributed by atoms with van der Waals surface area (Å²) in [4.78, 5) is 22.6. The van der Waals surface area contributed by atoms with Crippen LogP contribution in [-0.2, 0) is 4.79 Å². The molecule has 0 aliphatic heterocycles. The Morgan fingerprint density at radius 2 is 2.21 bits per heavy atom. The maximum absolute atomic E-state index is 13.2. The molecule has 0 radical (unpaired) electrons. The number of benzene rings is 1. The Labute approximate surface area is 78.0 Å². The van der Waals surface area contributed by atoms with E-state index in [2.05, 4.69) is 4.99 Å². The predicted molar refractivity (Wildman–Crippen MR) is 45.6 cm³/mol. The van der Waals surface area contributed by atoms with Crippen molar-refractivity contribution in [1.82, 2.24) is 0 Å². The van der Waals surface area contributed by atoms with Crippen LogP contribution in [0.3, 0.4) is 0 Å². The number of hydrogen-bond acceptors (Lipinski definition) is 4. The van der Waals surface area contributed by atoms with Crippen LogP contribution in [0.25, 0.3) is 0 Å². The number of hydrogen-bond donors (Lipinski definition) is 0. The molecule has 0 atom stereocenters. The van der Waals surface area contributed by atoms with Gasteiger partial charge in [0.2, 0.25) is 11.9 Å². The molecule has 0 saturated heterocycles. The Bertz CT molecular complexity index is 411. The van der Waals surface area contributed by atoms with Gasteiger partial charge in [-0.2, -0.15) is 9.38 Å². The van der Waals surface area contributed by atoms with Crippen LogP contribution in [0.4, 0.5) is 15.8 Å². The lowest BCUT2D eigenvalue weighted by Crippen LogP contribution is -1.94. The first-order valence-corrected chi connectivity index (χ1v) is 3.59. The minimum absolute atomic E-state index is 0.0393. The number of rotatable bonds is 2. The highest BCUT2D eigenvalue weighted by Crippen LogP contribution is 2.27. The lowest BCUT2D eigenvalue weighted by atomic mass is 10.1. The Balaban J connectivity index is 3.40. The summed E-state index contributed by atoms with van der Waals surface area (Å²) in [7, 11) is 0. The molecule has 0 aliphatic rings. The quantitative estimate of drug-likeness (QED) is 0.314. The number of aliphatic imine (C=N–C) groups is 1. The van der Waals surface area contributed by atoms with Crippen molar-refractivity contribution in [3.63, 3.8) is 0 Å². The van der Waals surface area contributed by atoms with E-state index in [0.29, 0.717) is 0 Å². The third-order valence-corrected chi connectivity index (χ3v) is 1.70. The average Bonchev–Trinajstić information content (AvgIpc) is 2.13. The van der Waals surface area contributed by atoms with Crippen LogP contribution >= 0.6 is 0 Å². The van der Waals surface area contributed by atoms with E-state index in [9.17, 15) is 19.3 Å². The SMILES string of the molecule is Cc1c(N=C=O)ccc([N+](=O)[O-])c1F. The van der Waals surface area contributed by atoms with E-state index < -0.39 is 16.4 Å². The fourth-order valence-electron chi connectivity index (χ4n) is 0.972. The van der Waals surface area contributed by atoms with E-state index in [-0.39, 0.29) is 11.3 Å². The van der Waals surface area contributed by atoms with Gasteiger partial charge >= 0.3 is 5.69 Å². The van der Waals surface area contributed by atoms with Crippen molar-refractivity contribution >= 4 is 17.5 Å². The molecule has 0 saturated carbocycles. The second-order valence-corrected chi connectivity index (χ2v) is 2.50. The van der Waals surface area contributed by atoms with E-state index in [0.717, 1.165) is 6.07 Å². The second-order valence-electron chi connectivity index (χ2n) is 2.50. The van der Waals surface area contributed by atoms with Gasteiger partial charge in [-0.25, -0.2) is 4.79 Å². The van der Waals surface area contributed by atoms with Crippen LogP contribution in [0.5, 0.6) is 0 Å². The van der Waals surface area contributed by atoms with Crippen molar-refractivity contribution in [2.24, 2.45) is 4.99 Å². The molecule has 6 heteroatoms. The number of nitro benzene ring substituents is 1. The molecular formula is C8H5FN2O3. The standard InChI is InChI=1S/C8H5FN2O3/c1-5-6(10-4-12)2-3-7(8(5)9)11(13)14/h2-3H,1H3. The predicted octanol–water partition coefficient (Wildman–Crippen LogP) is 2.01. The minimum Gasteiger partial charge on any atom is -0.258 e. The van der Waals surface area contributed by atoms with Crippen LogP contribution < -0.4 is 0 Å².